The first-order chi connectivity index (χ1) is 13.7. The van der Waals surface area contributed by atoms with Gasteiger partial charge in [-0.25, -0.2) is 13.2 Å². The average Bonchev–Trinajstić information content (AvgIpc) is 3.41. The lowest BCUT2D eigenvalue weighted by atomic mass is 9.87. The number of rotatable bonds is 4. The zero-order valence-corrected chi connectivity index (χ0v) is 16.8. The molecule has 3 aliphatic rings. The van der Waals surface area contributed by atoms with Crippen LogP contribution in [0.15, 0.2) is 0 Å². The highest BCUT2D eigenvalue weighted by Gasteiger charge is 2.60. The van der Waals surface area contributed by atoms with Gasteiger partial charge in [-0.2, -0.15) is 30.6 Å². The summed E-state index contributed by atoms with van der Waals surface area (Å²) in [5, 5.41) is -0.383. The van der Waals surface area contributed by atoms with E-state index in [-0.39, 0.29) is 37.8 Å². The number of likely N-dealkylation sites (tertiary alicyclic amines) is 1. The van der Waals surface area contributed by atoms with Gasteiger partial charge in [-0.15, -0.1) is 0 Å². The molecular formula is C16H22F6N2O5S. The molecule has 1 unspecified atom stereocenters. The lowest BCUT2D eigenvalue weighted by molar-refractivity contribution is -0.308. The molecule has 2 heterocycles. The Hall–Kier alpha value is -1.28. The maximum Gasteiger partial charge on any atom is 0.434 e. The van der Waals surface area contributed by atoms with E-state index >= 15 is 0 Å². The van der Waals surface area contributed by atoms with Gasteiger partial charge in [0.2, 0.25) is 10.0 Å². The Kier molecular flexibility index (Phi) is 6.00. The molecule has 0 aromatic heterocycles. The third-order valence-electron chi connectivity index (χ3n) is 5.80. The van der Waals surface area contributed by atoms with Crippen LogP contribution in [-0.2, 0) is 19.5 Å². The zero-order chi connectivity index (χ0) is 22.5. The fourth-order valence-electron chi connectivity index (χ4n) is 3.80. The van der Waals surface area contributed by atoms with Crippen LogP contribution in [0, 0.1) is 0 Å². The van der Waals surface area contributed by atoms with Crippen LogP contribution < -0.4 is 0 Å². The molecule has 174 valence electrons. The molecule has 0 aromatic carbocycles. The Morgan fingerprint density at radius 3 is 2.13 bits per heavy atom. The second-order valence-electron chi connectivity index (χ2n) is 7.95. The van der Waals surface area contributed by atoms with Crippen molar-refractivity contribution in [3.8, 4) is 0 Å². The minimum absolute atomic E-state index is 0.136. The summed E-state index contributed by atoms with van der Waals surface area (Å²) in [6.07, 6.45) is -15.6. The van der Waals surface area contributed by atoms with Gasteiger partial charge in [0.25, 0.3) is 6.10 Å². The lowest BCUT2D eigenvalue weighted by Gasteiger charge is -2.39. The van der Waals surface area contributed by atoms with E-state index < -0.39 is 46.2 Å². The minimum atomic E-state index is -5.77. The summed E-state index contributed by atoms with van der Waals surface area (Å²) in [5.74, 6) is 0. The summed E-state index contributed by atoms with van der Waals surface area (Å²) in [6.45, 7) is -0.183. The first kappa shape index (κ1) is 23.4. The Balaban J connectivity index is 1.56. The van der Waals surface area contributed by atoms with Gasteiger partial charge in [-0.1, -0.05) is 0 Å². The number of hydrogen-bond donors (Lipinski definition) is 0. The number of carbonyl (C=O) groups excluding carboxylic acids is 1. The van der Waals surface area contributed by atoms with Crippen molar-refractivity contribution in [2.45, 2.75) is 67.5 Å². The van der Waals surface area contributed by atoms with E-state index in [0.29, 0.717) is 19.3 Å². The molecule has 2 aliphatic heterocycles. The van der Waals surface area contributed by atoms with Crippen LogP contribution >= 0.6 is 0 Å². The van der Waals surface area contributed by atoms with Crippen molar-refractivity contribution >= 4 is 16.1 Å². The predicted octanol–water partition coefficient (Wildman–Crippen LogP) is 2.66. The van der Waals surface area contributed by atoms with Crippen molar-refractivity contribution < 1.29 is 49.0 Å². The topological polar surface area (TPSA) is 76.2 Å². The van der Waals surface area contributed by atoms with Crippen molar-refractivity contribution in [2.24, 2.45) is 0 Å². The molecule has 3 fully saturated rings. The number of piperidine rings is 1. The van der Waals surface area contributed by atoms with Gasteiger partial charge < -0.3 is 14.4 Å². The molecule has 1 saturated carbocycles. The van der Waals surface area contributed by atoms with E-state index in [1.807, 2.05) is 0 Å². The second kappa shape index (κ2) is 7.69. The Morgan fingerprint density at radius 2 is 1.67 bits per heavy atom. The molecule has 0 aromatic rings. The van der Waals surface area contributed by atoms with Crippen molar-refractivity contribution in [1.29, 1.82) is 0 Å². The molecule has 0 bridgehead atoms. The SMILES string of the molecule is CN(C1COC2(CCN(C(=O)OC(C(F)(F)F)C(F)(F)F)CC2)C1)S(=O)(=O)C1CC1. The van der Waals surface area contributed by atoms with Crippen LogP contribution in [-0.4, -0.2) is 85.8 Å². The van der Waals surface area contributed by atoms with Crippen LogP contribution in [0.25, 0.3) is 0 Å². The average molecular weight is 468 g/mol. The van der Waals surface area contributed by atoms with Crippen LogP contribution in [0.4, 0.5) is 31.1 Å². The van der Waals surface area contributed by atoms with Crippen LogP contribution in [0.2, 0.25) is 0 Å². The van der Waals surface area contributed by atoms with E-state index in [0.717, 1.165) is 4.90 Å². The minimum Gasteiger partial charge on any atom is -0.426 e. The molecule has 0 N–H and O–H groups in total. The third-order valence-corrected chi connectivity index (χ3v) is 8.21. The van der Waals surface area contributed by atoms with Crippen LogP contribution in [0.5, 0.6) is 0 Å². The molecule has 30 heavy (non-hydrogen) atoms. The number of sulfonamides is 1. The van der Waals surface area contributed by atoms with Gasteiger partial charge in [0.05, 0.1) is 23.5 Å². The summed E-state index contributed by atoms with van der Waals surface area (Å²) in [6, 6.07) is -0.408. The fourth-order valence-corrected chi connectivity index (χ4v) is 5.56. The molecule has 7 nitrogen and oxygen atoms in total. The number of carbonyl (C=O) groups is 1. The van der Waals surface area contributed by atoms with Gasteiger partial charge >= 0.3 is 18.4 Å². The molecule has 1 aliphatic carbocycles. The number of hydrogen-bond acceptors (Lipinski definition) is 5. The highest BCUT2D eigenvalue weighted by atomic mass is 32.2. The van der Waals surface area contributed by atoms with E-state index in [4.69, 9.17) is 4.74 Å². The Labute approximate surface area is 169 Å². The van der Waals surface area contributed by atoms with E-state index in [1.165, 1.54) is 11.4 Å². The Bertz CT molecular complexity index is 745. The van der Waals surface area contributed by atoms with E-state index in [2.05, 4.69) is 4.74 Å². The summed E-state index contributed by atoms with van der Waals surface area (Å²) in [7, 11) is -1.94. The van der Waals surface area contributed by atoms with E-state index in [1.54, 1.807) is 0 Å². The maximum absolute atomic E-state index is 12.6. The van der Waals surface area contributed by atoms with E-state index in [9.17, 15) is 39.6 Å². The maximum atomic E-state index is 12.6. The number of ether oxygens (including phenoxy) is 2. The number of likely N-dealkylation sites (N-methyl/N-ethyl adjacent to an activating group) is 1. The highest BCUT2D eigenvalue weighted by Crippen LogP contribution is 2.41. The first-order valence-corrected chi connectivity index (χ1v) is 10.9. The predicted molar refractivity (Wildman–Crippen MR) is 90.0 cm³/mol. The highest BCUT2D eigenvalue weighted by molar-refractivity contribution is 7.90. The zero-order valence-electron chi connectivity index (χ0n) is 16.0. The smallest absolute Gasteiger partial charge is 0.426 e. The van der Waals surface area contributed by atoms with Gasteiger partial charge in [0.1, 0.15) is 0 Å². The van der Waals surface area contributed by atoms with Crippen molar-refractivity contribution in [1.82, 2.24) is 9.21 Å². The van der Waals surface area contributed by atoms with Crippen molar-refractivity contribution in [3.63, 3.8) is 0 Å². The van der Waals surface area contributed by atoms with Gasteiger partial charge in [-0.3, -0.25) is 0 Å². The number of halogens is 6. The summed E-state index contributed by atoms with van der Waals surface area (Å²) in [4.78, 5) is 12.6. The number of nitrogens with zero attached hydrogens (tertiary/aromatic N) is 2. The molecule has 1 amide bonds. The lowest BCUT2D eigenvalue weighted by Crippen LogP contribution is -2.51. The molecule has 2 saturated heterocycles. The summed E-state index contributed by atoms with van der Waals surface area (Å²) >= 11 is 0. The monoisotopic (exact) mass is 468 g/mol. The fraction of sp³-hybridized carbons (Fsp3) is 0.938. The quantitative estimate of drug-likeness (QED) is 0.593. The van der Waals surface area contributed by atoms with Crippen molar-refractivity contribution in [2.75, 3.05) is 26.7 Å². The number of amides is 1. The second-order valence-corrected chi connectivity index (χ2v) is 10.2. The van der Waals surface area contributed by atoms with Gasteiger partial charge in [0, 0.05) is 20.1 Å². The van der Waals surface area contributed by atoms with Gasteiger partial charge in [-0.05, 0) is 32.1 Å². The Morgan fingerprint density at radius 1 is 1.13 bits per heavy atom. The number of alkyl halides is 6. The van der Waals surface area contributed by atoms with Crippen LogP contribution in [0.3, 0.4) is 0 Å². The largest absolute Gasteiger partial charge is 0.434 e. The molecule has 14 heteroatoms. The van der Waals surface area contributed by atoms with Crippen LogP contribution in [0.1, 0.15) is 32.1 Å². The normalized spacial score (nSPS) is 25.4. The third kappa shape index (κ3) is 4.79. The molecular weight excluding hydrogens is 446 g/mol. The standard InChI is InChI=1S/C16H22F6N2O5S/c1-23(30(26,27)11-2-3-11)10-8-14(28-9-10)4-6-24(7-5-14)13(25)29-12(15(17,18)19)16(20,21)22/h10-12H,2-9H2,1H3. The molecule has 3 rings (SSSR count). The summed E-state index contributed by atoms with van der Waals surface area (Å²) < 4.78 is 111. The van der Waals surface area contributed by atoms with Crippen molar-refractivity contribution in [3.05, 3.63) is 0 Å². The molecule has 1 atom stereocenters. The van der Waals surface area contributed by atoms with Gasteiger partial charge in [0.15, 0.2) is 0 Å². The molecule has 1 spiro atoms. The molecule has 0 radical (unpaired) electrons. The first-order valence-electron chi connectivity index (χ1n) is 9.35. The summed E-state index contributed by atoms with van der Waals surface area (Å²) in [5.41, 5.74) is -0.776.